The minimum Gasteiger partial charge on any atom is -0.480 e. The normalized spacial score (nSPS) is 19.9. The van der Waals surface area contributed by atoms with Crippen molar-refractivity contribution in [2.24, 2.45) is 0 Å². The summed E-state index contributed by atoms with van der Waals surface area (Å²) in [6, 6.07) is -0.736. The molecule has 1 aromatic rings. The topological polar surface area (TPSA) is 83.6 Å². The number of aromatic nitrogens is 1. The molecule has 2 rings (SSSR count). The van der Waals surface area contributed by atoms with E-state index in [-0.39, 0.29) is 5.91 Å². The lowest BCUT2D eigenvalue weighted by Gasteiger charge is -2.32. The summed E-state index contributed by atoms with van der Waals surface area (Å²) in [5.41, 5.74) is 0.898. The molecule has 0 radical (unpaired) electrons. The Morgan fingerprint density at radius 2 is 2.11 bits per heavy atom. The van der Waals surface area contributed by atoms with E-state index in [1.54, 1.807) is 13.8 Å². The molecule has 6 nitrogen and oxygen atoms in total. The van der Waals surface area contributed by atoms with Crippen LogP contribution in [-0.4, -0.2) is 39.6 Å². The van der Waals surface area contributed by atoms with Crippen molar-refractivity contribution in [2.45, 2.75) is 39.2 Å². The summed E-state index contributed by atoms with van der Waals surface area (Å²) < 4.78 is 4.96. The van der Waals surface area contributed by atoms with Crippen molar-refractivity contribution in [3.8, 4) is 0 Å². The van der Waals surface area contributed by atoms with Gasteiger partial charge in [-0.1, -0.05) is 5.16 Å². The van der Waals surface area contributed by atoms with Gasteiger partial charge in [0.15, 0.2) is 0 Å². The lowest BCUT2D eigenvalue weighted by Crippen LogP contribution is -2.48. The van der Waals surface area contributed by atoms with Crippen LogP contribution in [0.5, 0.6) is 0 Å². The predicted octanol–water partition coefficient (Wildman–Crippen LogP) is 1.37. The van der Waals surface area contributed by atoms with E-state index in [1.807, 2.05) is 0 Å². The van der Waals surface area contributed by atoms with Crippen LogP contribution in [-0.2, 0) is 4.79 Å². The predicted molar refractivity (Wildman–Crippen MR) is 62.3 cm³/mol. The van der Waals surface area contributed by atoms with E-state index in [0.29, 0.717) is 30.0 Å². The second-order valence-electron chi connectivity index (χ2n) is 4.55. The minimum absolute atomic E-state index is 0.293. The average molecular weight is 252 g/mol. The smallest absolute Gasteiger partial charge is 0.326 e. The van der Waals surface area contributed by atoms with E-state index in [9.17, 15) is 9.59 Å². The molecule has 0 spiro atoms. The zero-order valence-corrected chi connectivity index (χ0v) is 10.5. The maximum Gasteiger partial charge on any atom is 0.326 e. The fourth-order valence-electron chi connectivity index (χ4n) is 2.36. The van der Waals surface area contributed by atoms with E-state index in [0.717, 1.165) is 12.8 Å². The van der Waals surface area contributed by atoms with Crippen molar-refractivity contribution in [3.05, 3.63) is 17.0 Å². The molecule has 2 heterocycles. The first-order valence-corrected chi connectivity index (χ1v) is 5.99. The molecule has 1 aliphatic rings. The molecule has 1 saturated heterocycles. The quantitative estimate of drug-likeness (QED) is 0.859. The first-order valence-electron chi connectivity index (χ1n) is 5.99. The Morgan fingerprint density at radius 1 is 1.39 bits per heavy atom. The number of amides is 1. The van der Waals surface area contributed by atoms with Crippen LogP contribution >= 0.6 is 0 Å². The Hall–Kier alpha value is -1.85. The van der Waals surface area contributed by atoms with Crippen LogP contribution in [0.3, 0.4) is 0 Å². The highest BCUT2D eigenvalue weighted by molar-refractivity contribution is 5.98. The number of nitrogens with zero attached hydrogens (tertiary/aromatic N) is 2. The van der Waals surface area contributed by atoms with Gasteiger partial charge in [-0.25, -0.2) is 4.79 Å². The average Bonchev–Trinajstić information content (AvgIpc) is 2.68. The number of rotatable bonds is 2. The molecule has 0 bridgehead atoms. The number of likely N-dealkylation sites (tertiary alicyclic amines) is 1. The third-order valence-electron chi connectivity index (χ3n) is 3.30. The van der Waals surface area contributed by atoms with Gasteiger partial charge in [0.2, 0.25) is 0 Å². The van der Waals surface area contributed by atoms with Gasteiger partial charge in [0.05, 0.1) is 5.69 Å². The van der Waals surface area contributed by atoms with Crippen molar-refractivity contribution in [1.29, 1.82) is 0 Å². The standard InChI is InChI=1S/C12H16N2O4/c1-7-10(8(2)18-13-7)11(15)14-6-4-3-5-9(14)12(16)17/h9H,3-6H2,1-2H3,(H,16,17)/t9-/m0/s1. The SMILES string of the molecule is Cc1noc(C)c1C(=O)N1CCCC[C@H]1C(=O)O. The van der Waals surface area contributed by atoms with E-state index < -0.39 is 12.0 Å². The van der Waals surface area contributed by atoms with Gasteiger partial charge in [0, 0.05) is 6.54 Å². The zero-order chi connectivity index (χ0) is 13.3. The fourth-order valence-corrected chi connectivity index (χ4v) is 2.36. The second kappa shape index (κ2) is 4.80. The monoisotopic (exact) mass is 252 g/mol. The van der Waals surface area contributed by atoms with Crippen molar-refractivity contribution in [3.63, 3.8) is 0 Å². The number of carbonyl (C=O) groups is 2. The molecule has 1 aliphatic heterocycles. The van der Waals surface area contributed by atoms with Crippen LogP contribution in [0, 0.1) is 13.8 Å². The molecule has 1 atom stereocenters. The Morgan fingerprint density at radius 3 is 2.67 bits per heavy atom. The zero-order valence-electron chi connectivity index (χ0n) is 10.5. The summed E-state index contributed by atoms with van der Waals surface area (Å²) in [5, 5.41) is 12.9. The Balaban J connectivity index is 2.29. The van der Waals surface area contributed by atoms with Gasteiger partial charge in [-0.15, -0.1) is 0 Å². The minimum atomic E-state index is -0.949. The van der Waals surface area contributed by atoms with Crippen LogP contribution in [0.2, 0.25) is 0 Å². The van der Waals surface area contributed by atoms with Crippen molar-refractivity contribution >= 4 is 11.9 Å². The van der Waals surface area contributed by atoms with Gasteiger partial charge in [0.25, 0.3) is 5.91 Å². The van der Waals surface area contributed by atoms with E-state index in [1.165, 1.54) is 4.90 Å². The molecular weight excluding hydrogens is 236 g/mol. The highest BCUT2D eigenvalue weighted by Gasteiger charge is 2.34. The van der Waals surface area contributed by atoms with E-state index >= 15 is 0 Å². The summed E-state index contributed by atoms with van der Waals surface area (Å²) in [4.78, 5) is 25.0. The van der Waals surface area contributed by atoms with Crippen LogP contribution < -0.4 is 0 Å². The fraction of sp³-hybridized carbons (Fsp3) is 0.583. The van der Waals surface area contributed by atoms with Gasteiger partial charge in [-0.05, 0) is 33.1 Å². The summed E-state index contributed by atoms with van der Waals surface area (Å²) >= 11 is 0. The highest BCUT2D eigenvalue weighted by atomic mass is 16.5. The second-order valence-corrected chi connectivity index (χ2v) is 4.55. The molecule has 6 heteroatoms. The van der Waals surface area contributed by atoms with Gasteiger partial charge < -0.3 is 14.5 Å². The summed E-state index contributed by atoms with van der Waals surface area (Å²) in [6.45, 7) is 3.82. The maximum absolute atomic E-state index is 12.4. The Kier molecular flexibility index (Phi) is 3.36. The third-order valence-corrected chi connectivity index (χ3v) is 3.30. The van der Waals surface area contributed by atoms with Crippen LogP contribution in [0.1, 0.15) is 41.1 Å². The molecule has 0 saturated carbocycles. The highest BCUT2D eigenvalue weighted by Crippen LogP contribution is 2.22. The molecule has 18 heavy (non-hydrogen) atoms. The number of piperidine rings is 1. The maximum atomic E-state index is 12.4. The number of hydrogen-bond donors (Lipinski definition) is 1. The molecule has 1 N–H and O–H groups in total. The summed E-state index contributed by atoms with van der Waals surface area (Å²) in [6.07, 6.45) is 2.17. The van der Waals surface area contributed by atoms with E-state index in [2.05, 4.69) is 5.16 Å². The summed E-state index contributed by atoms with van der Waals surface area (Å²) in [5.74, 6) is -0.805. The number of aliphatic carboxylic acids is 1. The number of carboxylic acid groups (broad SMARTS) is 1. The van der Waals surface area contributed by atoms with Gasteiger partial charge in [0.1, 0.15) is 17.4 Å². The first-order chi connectivity index (χ1) is 8.52. The van der Waals surface area contributed by atoms with Gasteiger partial charge >= 0.3 is 5.97 Å². The molecule has 1 amide bonds. The summed E-state index contributed by atoms with van der Waals surface area (Å²) in [7, 11) is 0. The first kappa shape index (κ1) is 12.6. The number of hydrogen-bond acceptors (Lipinski definition) is 4. The van der Waals surface area contributed by atoms with Crippen LogP contribution in [0.4, 0.5) is 0 Å². The van der Waals surface area contributed by atoms with Crippen molar-refractivity contribution < 1.29 is 19.2 Å². The molecule has 0 aromatic carbocycles. The number of aryl methyl sites for hydroxylation is 2. The molecular formula is C12H16N2O4. The molecule has 1 aromatic heterocycles. The van der Waals surface area contributed by atoms with E-state index in [4.69, 9.17) is 9.63 Å². The number of carboxylic acids is 1. The molecule has 98 valence electrons. The Labute approximate surface area is 105 Å². The molecule has 0 unspecified atom stereocenters. The Bertz CT molecular complexity index is 461. The van der Waals surface area contributed by atoms with Crippen molar-refractivity contribution in [1.82, 2.24) is 10.1 Å². The van der Waals surface area contributed by atoms with Crippen LogP contribution in [0.15, 0.2) is 4.52 Å². The van der Waals surface area contributed by atoms with Crippen LogP contribution in [0.25, 0.3) is 0 Å². The van der Waals surface area contributed by atoms with Gasteiger partial charge in [-0.2, -0.15) is 0 Å². The van der Waals surface area contributed by atoms with Gasteiger partial charge in [-0.3, -0.25) is 4.79 Å². The molecule has 0 aliphatic carbocycles. The lowest BCUT2D eigenvalue weighted by atomic mass is 10.0. The molecule has 1 fully saturated rings. The van der Waals surface area contributed by atoms with Crippen molar-refractivity contribution in [2.75, 3.05) is 6.54 Å². The lowest BCUT2D eigenvalue weighted by molar-refractivity contribution is -0.143. The third kappa shape index (κ3) is 2.10. The number of carbonyl (C=O) groups excluding carboxylic acids is 1. The largest absolute Gasteiger partial charge is 0.480 e.